The zero-order chi connectivity index (χ0) is 10.1. The molecule has 0 heterocycles. The topological polar surface area (TPSA) is 15.7 Å². The van der Waals surface area contributed by atoms with E-state index in [1.54, 1.807) is 0 Å². The maximum atomic E-state index is 5.48. The van der Waals surface area contributed by atoms with Gasteiger partial charge in [0, 0.05) is 13.2 Å². The minimum atomic E-state index is 0.894. The summed E-state index contributed by atoms with van der Waals surface area (Å²) in [5.41, 5.74) is 0. The summed E-state index contributed by atoms with van der Waals surface area (Å²) in [6, 6.07) is 0. The minimum absolute atomic E-state index is 0.894. The highest BCUT2D eigenvalue weighted by atomic mass is 16.5. The fraction of sp³-hybridized carbons (Fsp3) is 1.00. The van der Waals surface area contributed by atoms with Gasteiger partial charge in [0.05, 0.1) is 0 Å². The predicted molar refractivity (Wildman–Crippen MR) is 57.2 cm³/mol. The quantitative estimate of drug-likeness (QED) is 0.527. The molecule has 0 fully saturated rings. The van der Waals surface area contributed by atoms with Crippen LogP contribution < -0.4 is 0 Å². The van der Waals surface area contributed by atoms with Gasteiger partial charge in [-0.15, -0.1) is 0 Å². The van der Waals surface area contributed by atoms with E-state index in [0.29, 0.717) is 0 Å². The Bertz CT molecular complexity index is 93.1. The summed E-state index contributed by atoms with van der Waals surface area (Å²) < 4.78 is 5.48. The zero-order valence-electron chi connectivity index (χ0n) is 9.55. The van der Waals surface area contributed by atoms with Crippen molar-refractivity contribution in [2.75, 3.05) is 54.5 Å². The van der Waals surface area contributed by atoms with Crippen LogP contribution in [0.15, 0.2) is 0 Å². The molecule has 0 saturated carbocycles. The first-order chi connectivity index (χ1) is 6.13. The van der Waals surface area contributed by atoms with Crippen LogP contribution in [0.5, 0.6) is 0 Å². The Balaban J connectivity index is 2.92. The number of nitrogens with zero attached hydrogens (tertiary/aromatic N) is 2. The van der Waals surface area contributed by atoms with Gasteiger partial charge >= 0.3 is 0 Å². The van der Waals surface area contributed by atoms with Gasteiger partial charge in [-0.1, -0.05) is 0 Å². The Kier molecular flexibility index (Phi) is 8.40. The monoisotopic (exact) mass is 188 g/mol. The van der Waals surface area contributed by atoms with E-state index in [1.807, 2.05) is 0 Å². The van der Waals surface area contributed by atoms with Crippen molar-refractivity contribution < 1.29 is 4.74 Å². The summed E-state index contributed by atoms with van der Waals surface area (Å²) in [6.07, 6.45) is 2.27. The summed E-state index contributed by atoms with van der Waals surface area (Å²) >= 11 is 0. The van der Waals surface area contributed by atoms with E-state index < -0.39 is 0 Å². The molecule has 0 aromatic carbocycles. The molecule has 0 bridgehead atoms. The third-order valence-corrected chi connectivity index (χ3v) is 1.79. The largest absolute Gasteiger partial charge is 0.381 e. The predicted octanol–water partition coefficient (Wildman–Crippen LogP) is 0.906. The number of rotatable bonds is 8. The van der Waals surface area contributed by atoms with Crippen LogP contribution in [0.1, 0.15) is 12.8 Å². The lowest BCUT2D eigenvalue weighted by Gasteiger charge is -2.11. The van der Waals surface area contributed by atoms with Gasteiger partial charge in [-0.2, -0.15) is 0 Å². The van der Waals surface area contributed by atoms with Gasteiger partial charge in [-0.3, -0.25) is 0 Å². The molecule has 0 aliphatic heterocycles. The van der Waals surface area contributed by atoms with Crippen LogP contribution in [-0.4, -0.2) is 64.3 Å². The maximum absolute atomic E-state index is 5.48. The standard InChI is InChI=1S/C10H24N2O/c1-11(2)7-5-9-13-10-6-8-12(3)4/h5-10H2,1-4H3. The van der Waals surface area contributed by atoms with Gasteiger partial charge in [-0.25, -0.2) is 0 Å². The normalized spacial score (nSPS) is 11.5. The number of hydrogen-bond donors (Lipinski definition) is 0. The van der Waals surface area contributed by atoms with Crippen molar-refractivity contribution in [2.24, 2.45) is 0 Å². The van der Waals surface area contributed by atoms with E-state index in [9.17, 15) is 0 Å². The molecule has 0 amide bonds. The minimum Gasteiger partial charge on any atom is -0.381 e. The molecule has 3 heteroatoms. The van der Waals surface area contributed by atoms with Crippen LogP contribution in [0.4, 0.5) is 0 Å². The molecule has 3 nitrogen and oxygen atoms in total. The molecular weight excluding hydrogens is 164 g/mol. The first-order valence-corrected chi connectivity index (χ1v) is 5.00. The molecule has 0 spiro atoms. The first kappa shape index (κ1) is 12.9. The summed E-state index contributed by atoms with van der Waals surface area (Å²) in [6.45, 7) is 4.03. The molecule has 0 N–H and O–H groups in total. The summed E-state index contributed by atoms with van der Waals surface area (Å²) in [7, 11) is 8.36. The summed E-state index contributed by atoms with van der Waals surface area (Å²) in [5.74, 6) is 0. The van der Waals surface area contributed by atoms with Crippen molar-refractivity contribution in [3.63, 3.8) is 0 Å². The molecule has 0 aliphatic rings. The maximum Gasteiger partial charge on any atom is 0.0478 e. The lowest BCUT2D eigenvalue weighted by atomic mass is 10.4. The van der Waals surface area contributed by atoms with Crippen molar-refractivity contribution >= 4 is 0 Å². The van der Waals surface area contributed by atoms with E-state index in [1.165, 1.54) is 0 Å². The molecule has 80 valence electrons. The van der Waals surface area contributed by atoms with E-state index in [-0.39, 0.29) is 0 Å². The molecule has 0 aromatic rings. The lowest BCUT2D eigenvalue weighted by molar-refractivity contribution is 0.118. The van der Waals surface area contributed by atoms with Gasteiger partial charge in [0.25, 0.3) is 0 Å². The molecule has 0 atom stereocenters. The van der Waals surface area contributed by atoms with E-state index >= 15 is 0 Å². The SMILES string of the molecule is CN(C)CCCOCCCN(C)C. The van der Waals surface area contributed by atoms with Crippen LogP contribution in [0.25, 0.3) is 0 Å². The second-order valence-electron chi connectivity index (χ2n) is 3.93. The van der Waals surface area contributed by atoms with Gasteiger partial charge in [0.2, 0.25) is 0 Å². The second-order valence-corrected chi connectivity index (χ2v) is 3.93. The molecule has 0 unspecified atom stereocenters. The van der Waals surface area contributed by atoms with Crippen LogP contribution in [0.2, 0.25) is 0 Å². The van der Waals surface area contributed by atoms with Crippen molar-refractivity contribution in [2.45, 2.75) is 12.8 Å². The molecule has 0 rings (SSSR count). The van der Waals surface area contributed by atoms with Crippen LogP contribution in [0.3, 0.4) is 0 Å². The lowest BCUT2D eigenvalue weighted by Crippen LogP contribution is -2.17. The van der Waals surface area contributed by atoms with Gasteiger partial charge in [0.15, 0.2) is 0 Å². The van der Waals surface area contributed by atoms with Crippen molar-refractivity contribution in [3.8, 4) is 0 Å². The fourth-order valence-electron chi connectivity index (χ4n) is 1.07. The fourth-order valence-corrected chi connectivity index (χ4v) is 1.07. The zero-order valence-corrected chi connectivity index (χ0v) is 9.55. The van der Waals surface area contributed by atoms with Crippen LogP contribution in [-0.2, 0) is 4.74 Å². The average molecular weight is 188 g/mol. The van der Waals surface area contributed by atoms with Gasteiger partial charge < -0.3 is 14.5 Å². The summed E-state index contributed by atoms with van der Waals surface area (Å²) in [5, 5.41) is 0. The van der Waals surface area contributed by atoms with Crippen LogP contribution in [0, 0.1) is 0 Å². The second kappa shape index (κ2) is 8.48. The Morgan fingerprint density at radius 1 is 0.769 bits per heavy atom. The van der Waals surface area contributed by atoms with E-state index in [4.69, 9.17) is 4.74 Å². The molecular formula is C10H24N2O. The molecule has 0 saturated heterocycles. The Labute approximate surface area is 82.7 Å². The van der Waals surface area contributed by atoms with Crippen molar-refractivity contribution in [3.05, 3.63) is 0 Å². The Morgan fingerprint density at radius 2 is 1.15 bits per heavy atom. The van der Waals surface area contributed by atoms with Crippen molar-refractivity contribution in [1.82, 2.24) is 9.80 Å². The molecule has 0 aliphatic carbocycles. The average Bonchev–Trinajstić information content (AvgIpc) is 2.01. The molecule has 13 heavy (non-hydrogen) atoms. The van der Waals surface area contributed by atoms with E-state index in [0.717, 1.165) is 39.1 Å². The Hall–Kier alpha value is -0.120. The van der Waals surface area contributed by atoms with Gasteiger partial charge in [0.1, 0.15) is 0 Å². The van der Waals surface area contributed by atoms with E-state index in [2.05, 4.69) is 38.0 Å². The van der Waals surface area contributed by atoms with Crippen LogP contribution >= 0.6 is 0 Å². The molecule has 0 radical (unpaired) electrons. The highest BCUT2D eigenvalue weighted by Crippen LogP contribution is 1.89. The highest BCUT2D eigenvalue weighted by Gasteiger charge is 1.92. The van der Waals surface area contributed by atoms with Gasteiger partial charge in [-0.05, 0) is 54.1 Å². The summed E-state index contributed by atoms with van der Waals surface area (Å²) in [4.78, 5) is 4.37. The third-order valence-electron chi connectivity index (χ3n) is 1.79. The van der Waals surface area contributed by atoms with Crippen molar-refractivity contribution in [1.29, 1.82) is 0 Å². The smallest absolute Gasteiger partial charge is 0.0478 e. The number of ether oxygens (including phenoxy) is 1. The Morgan fingerprint density at radius 3 is 1.46 bits per heavy atom. The molecule has 0 aromatic heterocycles. The third kappa shape index (κ3) is 11.9. The number of hydrogen-bond acceptors (Lipinski definition) is 3. The highest BCUT2D eigenvalue weighted by molar-refractivity contribution is 4.45. The first-order valence-electron chi connectivity index (χ1n) is 5.00.